The Hall–Kier alpha value is -2.85. The van der Waals surface area contributed by atoms with Crippen LogP contribution in [-0.4, -0.2) is 40.0 Å². The fraction of sp³-hybridized carbons (Fsp3) is 0.263. The van der Waals surface area contributed by atoms with Crippen molar-refractivity contribution in [1.29, 1.82) is 0 Å². The van der Waals surface area contributed by atoms with Crippen molar-refractivity contribution < 1.29 is 31.5 Å². The number of halogens is 2. The lowest BCUT2D eigenvalue weighted by molar-refractivity contribution is -0.147. The molecule has 156 valence electrons. The van der Waals surface area contributed by atoms with Crippen molar-refractivity contribution in [3.8, 4) is 0 Å². The third kappa shape index (κ3) is 6.33. The smallest absolute Gasteiger partial charge is 0.307 e. The van der Waals surface area contributed by atoms with E-state index in [9.17, 15) is 26.8 Å². The van der Waals surface area contributed by atoms with Crippen molar-refractivity contribution >= 4 is 27.6 Å². The number of esters is 1. The maximum atomic E-state index is 13.2. The first-order valence-corrected chi connectivity index (χ1v) is 10.2. The molecule has 2 aromatic carbocycles. The van der Waals surface area contributed by atoms with E-state index in [-0.39, 0.29) is 13.0 Å². The van der Waals surface area contributed by atoms with Crippen LogP contribution < -0.4 is 9.62 Å². The minimum absolute atomic E-state index is 0.329. The van der Waals surface area contributed by atoms with Crippen LogP contribution in [0.2, 0.25) is 0 Å². The number of hydrogen-bond donors (Lipinski definition) is 1. The van der Waals surface area contributed by atoms with Crippen LogP contribution >= 0.6 is 0 Å². The number of nitrogens with one attached hydrogen (secondary N) is 1. The second-order valence-electron chi connectivity index (χ2n) is 5.86. The monoisotopic (exact) mass is 426 g/mol. The van der Waals surface area contributed by atoms with Crippen LogP contribution in [0.3, 0.4) is 0 Å². The van der Waals surface area contributed by atoms with Crippen LogP contribution in [0.25, 0.3) is 0 Å². The molecule has 1 N–H and O–H groups in total. The van der Waals surface area contributed by atoms with Gasteiger partial charge >= 0.3 is 5.97 Å². The van der Waals surface area contributed by atoms with E-state index in [1.54, 1.807) is 31.2 Å². The van der Waals surface area contributed by atoms with Gasteiger partial charge in [0.25, 0.3) is 5.91 Å². The highest BCUT2D eigenvalue weighted by Gasteiger charge is 2.18. The molecule has 2 rings (SSSR count). The molecule has 29 heavy (non-hydrogen) atoms. The van der Waals surface area contributed by atoms with Gasteiger partial charge in [0.05, 0.1) is 11.3 Å². The van der Waals surface area contributed by atoms with Crippen LogP contribution in [-0.2, 0) is 24.3 Å². The molecule has 0 heterocycles. The van der Waals surface area contributed by atoms with Crippen molar-refractivity contribution in [3.05, 3.63) is 60.2 Å². The van der Waals surface area contributed by atoms with Gasteiger partial charge in [-0.25, -0.2) is 21.9 Å². The molecule has 0 atom stereocenters. The van der Waals surface area contributed by atoms with E-state index in [2.05, 4.69) is 4.72 Å². The summed E-state index contributed by atoms with van der Waals surface area (Å²) in [4.78, 5) is 25.0. The van der Waals surface area contributed by atoms with E-state index in [0.29, 0.717) is 24.4 Å². The van der Waals surface area contributed by atoms with Gasteiger partial charge < -0.3 is 9.64 Å². The van der Waals surface area contributed by atoms with E-state index >= 15 is 0 Å². The average molecular weight is 426 g/mol. The molecule has 0 unspecified atom stereocenters. The Balaban J connectivity index is 1.82. The fourth-order valence-corrected chi connectivity index (χ4v) is 3.46. The fourth-order valence-electron chi connectivity index (χ4n) is 2.42. The molecule has 0 aliphatic rings. The van der Waals surface area contributed by atoms with Gasteiger partial charge in [0.2, 0.25) is 10.0 Å². The van der Waals surface area contributed by atoms with Crippen LogP contribution in [0.5, 0.6) is 0 Å². The summed E-state index contributed by atoms with van der Waals surface area (Å²) >= 11 is 0. The second-order valence-corrected chi connectivity index (χ2v) is 7.62. The highest BCUT2D eigenvalue weighted by molar-refractivity contribution is 7.89. The number of carbonyl (C=O) groups is 2. The first-order chi connectivity index (χ1) is 13.7. The molecule has 7 nitrogen and oxygen atoms in total. The number of rotatable bonds is 9. The topological polar surface area (TPSA) is 92.8 Å². The Morgan fingerprint density at radius 3 is 2.38 bits per heavy atom. The number of amides is 1. The first kappa shape index (κ1) is 22.4. The largest absolute Gasteiger partial charge is 0.456 e. The van der Waals surface area contributed by atoms with E-state index in [1.165, 1.54) is 4.90 Å². The number of anilines is 1. The minimum Gasteiger partial charge on any atom is -0.456 e. The van der Waals surface area contributed by atoms with Crippen LogP contribution in [0.15, 0.2) is 53.4 Å². The van der Waals surface area contributed by atoms with E-state index in [1.807, 2.05) is 6.07 Å². The number of para-hydroxylation sites is 1. The number of carbonyl (C=O) groups excluding carboxylic acids is 2. The molecule has 0 radical (unpaired) electrons. The van der Waals surface area contributed by atoms with Crippen molar-refractivity contribution in [1.82, 2.24) is 4.72 Å². The second kappa shape index (κ2) is 10.1. The van der Waals surface area contributed by atoms with Gasteiger partial charge in [0.1, 0.15) is 0 Å². The standard InChI is InChI=1S/C19H20F2N2O5S/c1-2-23(14-6-4-3-5-7-14)18(24)13-28-19(25)10-11-22-29(26,27)15-8-9-16(20)17(21)12-15/h3-9,12,22H,2,10-11,13H2,1H3. The van der Waals surface area contributed by atoms with E-state index in [4.69, 9.17) is 4.74 Å². The van der Waals surface area contributed by atoms with Gasteiger partial charge in [-0.15, -0.1) is 0 Å². The third-order valence-electron chi connectivity index (χ3n) is 3.86. The molecule has 0 spiro atoms. The van der Waals surface area contributed by atoms with Crippen molar-refractivity contribution in [2.45, 2.75) is 18.2 Å². The van der Waals surface area contributed by atoms with Gasteiger partial charge in [0, 0.05) is 18.8 Å². The number of likely N-dealkylation sites (N-methyl/N-ethyl adjacent to an activating group) is 1. The number of hydrogen-bond acceptors (Lipinski definition) is 5. The number of benzene rings is 2. The number of ether oxygens (including phenoxy) is 1. The van der Waals surface area contributed by atoms with Crippen LogP contribution in [0.4, 0.5) is 14.5 Å². The Bertz CT molecular complexity index is 968. The summed E-state index contributed by atoms with van der Waals surface area (Å²) in [7, 11) is -4.12. The lowest BCUT2D eigenvalue weighted by Gasteiger charge is -2.20. The number of nitrogens with zero attached hydrogens (tertiary/aromatic N) is 1. The highest BCUT2D eigenvalue weighted by atomic mass is 32.2. The van der Waals surface area contributed by atoms with Gasteiger partial charge in [-0.2, -0.15) is 0 Å². The molecule has 0 bridgehead atoms. The SMILES string of the molecule is CCN(C(=O)COC(=O)CCNS(=O)(=O)c1ccc(F)c(F)c1)c1ccccc1. The highest BCUT2D eigenvalue weighted by Crippen LogP contribution is 2.14. The normalized spacial score (nSPS) is 11.1. The van der Waals surface area contributed by atoms with Gasteiger partial charge in [-0.3, -0.25) is 9.59 Å². The minimum atomic E-state index is -4.12. The van der Waals surface area contributed by atoms with Crippen molar-refractivity contribution in [2.24, 2.45) is 0 Å². The lowest BCUT2D eigenvalue weighted by atomic mass is 10.3. The zero-order chi connectivity index (χ0) is 21.4. The average Bonchev–Trinajstić information content (AvgIpc) is 2.69. The zero-order valence-corrected chi connectivity index (χ0v) is 16.4. The molecular weight excluding hydrogens is 406 g/mol. The predicted molar refractivity (Wildman–Crippen MR) is 102 cm³/mol. The molecule has 10 heteroatoms. The summed E-state index contributed by atoms with van der Waals surface area (Å²) in [6, 6.07) is 11.0. The summed E-state index contributed by atoms with van der Waals surface area (Å²) < 4.78 is 57.1. The third-order valence-corrected chi connectivity index (χ3v) is 5.32. The molecule has 0 aliphatic heterocycles. The molecular formula is C19H20F2N2O5S. The predicted octanol–water partition coefficient (Wildman–Crippen LogP) is 2.23. The van der Waals surface area contributed by atoms with Crippen molar-refractivity contribution in [3.63, 3.8) is 0 Å². The molecule has 0 saturated heterocycles. The van der Waals surface area contributed by atoms with E-state index in [0.717, 1.165) is 6.07 Å². The molecule has 0 aromatic heterocycles. The summed E-state index contributed by atoms with van der Waals surface area (Å²) in [6.07, 6.45) is -0.340. The number of sulfonamides is 1. The molecule has 0 saturated carbocycles. The Morgan fingerprint density at radius 2 is 1.76 bits per heavy atom. The Kier molecular flexibility index (Phi) is 7.80. The maximum Gasteiger partial charge on any atom is 0.307 e. The summed E-state index contributed by atoms with van der Waals surface area (Å²) in [6.45, 7) is 1.34. The molecule has 2 aromatic rings. The quantitative estimate of drug-likeness (QED) is 0.621. The first-order valence-electron chi connectivity index (χ1n) is 8.70. The lowest BCUT2D eigenvalue weighted by Crippen LogP contribution is -2.35. The molecule has 1 amide bonds. The van der Waals surface area contributed by atoms with Crippen LogP contribution in [0, 0.1) is 11.6 Å². The Labute approximate surface area is 167 Å². The molecule has 0 aliphatic carbocycles. The summed E-state index contributed by atoms with van der Waals surface area (Å²) in [5.41, 5.74) is 0.662. The van der Waals surface area contributed by atoms with Crippen molar-refractivity contribution in [2.75, 3.05) is 24.6 Å². The summed E-state index contributed by atoms with van der Waals surface area (Å²) in [5.74, 6) is -3.68. The Morgan fingerprint density at radius 1 is 1.07 bits per heavy atom. The van der Waals surface area contributed by atoms with Gasteiger partial charge in [0.15, 0.2) is 18.2 Å². The zero-order valence-electron chi connectivity index (χ0n) is 15.6. The van der Waals surface area contributed by atoms with E-state index < -0.39 is 45.0 Å². The van der Waals surface area contributed by atoms with Crippen LogP contribution in [0.1, 0.15) is 13.3 Å². The molecule has 0 fully saturated rings. The van der Waals surface area contributed by atoms with Gasteiger partial charge in [-0.05, 0) is 37.3 Å². The van der Waals surface area contributed by atoms with Gasteiger partial charge in [-0.1, -0.05) is 18.2 Å². The summed E-state index contributed by atoms with van der Waals surface area (Å²) in [5, 5.41) is 0. The maximum absolute atomic E-state index is 13.2.